The van der Waals surface area contributed by atoms with Gasteiger partial charge in [0.1, 0.15) is 0 Å². The van der Waals surface area contributed by atoms with Crippen LogP contribution in [0.4, 0.5) is 0 Å². The number of fused-ring (bicyclic) bond motifs is 1. The van der Waals surface area contributed by atoms with Crippen LogP contribution in [-0.4, -0.2) is 33.8 Å². The molecule has 2 fully saturated rings. The van der Waals surface area contributed by atoms with Gasteiger partial charge >= 0.3 is 0 Å². The van der Waals surface area contributed by atoms with Crippen LogP contribution in [0.5, 0.6) is 0 Å². The Morgan fingerprint density at radius 2 is 2.50 bits per heavy atom. The number of amides is 1. The molecule has 2 saturated heterocycles. The van der Waals surface area contributed by atoms with E-state index in [1.165, 1.54) is 5.29 Å². The minimum absolute atomic E-state index is 0.299. The van der Waals surface area contributed by atoms with E-state index in [1.54, 1.807) is 0 Å². The number of hydrogen-bond donors (Lipinski definition) is 0. The van der Waals surface area contributed by atoms with Crippen molar-refractivity contribution in [1.82, 2.24) is 4.90 Å². The van der Waals surface area contributed by atoms with E-state index >= 15 is 0 Å². The molecule has 0 aromatic rings. The van der Waals surface area contributed by atoms with Crippen molar-refractivity contribution in [3.63, 3.8) is 0 Å². The number of carbonyl (C=O) groups is 1. The molecule has 0 radical (unpaired) electrons. The van der Waals surface area contributed by atoms with Crippen molar-refractivity contribution in [2.75, 3.05) is 12.3 Å². The Morgan fingerprint density at radius 1 is 1.70 bits per heavy atom. The van der Waals surface area contributed by atoms with Crippen LogP contribution >= 0.6 is 20.6 Å². The lowest BCUT2D eigenvalue weighted by Crippen LogP contribution is -2.55. The van der Waals surface area contributed by atoms with Gasteiger partial charge in [-0.3, -0.25) is 4.79 Å². The zero-order chi connectivity index (χ0) is 7.14. The molecule has 10 heavy (non-hydrogen) atoms. The monoisotopic (exact) mass is 173 g/mol. The van der Waals surface area contributed by atoms with Crippen LogP contribution in [0, 0.1) is 0 Å². The number of thioether (sulfide) groups is 1. The fourth-order valence-electron chi connectivity index (χ4n) is 1.21. The Balaban J connectivity index is 2.07. The van der Waals surface area contributed by atoms with Gasteiger partial charge in [0, 0.05) is 12.3 Å². The third-order valence-electron chi connectivity index (χ3n) is 1.83. The van der Waals surface area contributed by atoms with Crippen LogP contribution in [0.25, 0.3) is 0 Å². The number of β-lactam (4-membered cyclic amide) rings is 1. The van der Waals surface area contributed by atoms with Gasteiger partial charge in [-0.15, -0.1) is 20.6 Å². The van der Waals surface area contributed by atoms with E-state index in [0.29, 0.717) is 11.3 Å². The van der Waals surface area contributed by atoms with Gasteiger partial charge in [-0.05, 0) is 5.29 Å². The molecule has 0 bridgehead atoms. The SMILES string of the molecule is O=C1C[C@H]2SCC(=P)CN12. The van der Waals surface area contributed by atoms with E-state index in [1.807, 2.05) is 16.7 Å². The van der Waals surface area contributed by atoms with Crippen LogP contribution in [0.1, 0.15) is 6.42 Å². The normalized spacial score (nSPS) is 31.6. The molecule has 2 heterocycles. The average Bonchev–Trinajstić information content (AvgIpc) is 1.92. The molecule has 0 aromatic carbocycles. The highest BCUT2D eigenvalue weighted by Gasteiger charge is 2.38. The largest absolute Gasteiger partial charge is 0.326 e. The fraction of sp³-hybridized carbons (Fsp3) is 0.667. The smallest absolute Gasteiger partial charge is 0.226 e. The van der Waals surface area contributed by atoms with Crippen molar-refractivity contribution in [2.45, 2.75) is 11.8 Å². The highest BCUT2D eigenvalue weighted by atomic mass is 32.2. The van der Waals surface area contributed by atoms with Crippen LogP contribution in [0.3, 0.4) is 0 Å². The Hall–Kier alpha value is -0.0100. The van der Waals surface area contributed by atoms with Gasteiger partial charge in [-0.1, -0.05) is 0 Å². The summed E-state index contributed by atoms with van der Waals surface area (Å²) in [5.74, 6) is 1.36. The van der Waals surface area contributed by atoms with E-state index in [2.05, 4.69) is 8.86 Å². The zero-order valence-corrected chi connectivity index (χ0v) is 7.28. The van der Waals surface area contributed by atoms with Crippen molar-refractivity contribution in [1.29, 1.82) is 0 Å². The van der Waals surface area contributed by atoms with Crippen LogP contribution in [-0.2, 0) is 4.79 Å². The van der Waals surface area contributed by atoms with Gasteiger partial charge in [0.2, 0.25) is 5.91 Å². The summed E-state index contributed by atoms with van der Waals surface area (Å²) in [4.78, 5) is 12.8. The second-order valence-corrected chi connectivity index (χ2v) is 4.47. The van der Waals surface area contributed by atoms with Crippen LogP contribution in [0.2, 0.25) is 0 Å². The summed E-state index contributed by atoms with van der Waals surface area (Å²) in [5.41, 5.74) is 0. The summed E-state index contributed by atoms with van der Waals surface area (Å²) in [6.45, 7) is 0.827. The minimum atomic E-state index is 0.299. The van der Waals surface area contributed by atoms with Crippen molar-refractivity contribution in [2.24, 2.45) is 0 Å². The quantitative estimate of drug-likeness (QED) is 0.395. The van der Waals surface area contributed by atoms with Gasteiger partial charge < -0.3 is 4.90 Å². The third kappa shape index (κ3) is 0.886. The van der Waals surface area contributed by atoms with E-state index in [-0.39, 0.29) is 0 Å². The van der Waals surface area contributed by atoms with Crippen LogP contribution < -0.4 is 0 Å². The molecular weight excluding hydrogens is 165 g/mol. The molecular formula is C6H8NOPS. The van der Waals surface area contributed by atoms with E-state index in [4.69, 9.17) is 0 Å². The third-order valence-corrected chi connectivity index (χ3v) is 3.74. The van der Waals surface area contributed by atoms with Gasteiger partial charge in [0.25, 0.3) is 0 Å². The maximum absolute atomic E-state index is 10.9. The summed E-state index contributed by atoms with van der Waals surface area (Å²) >= 11 is 1.84. The number of nitrogens with zero attached hydrogens (tertiary/aromatic N) is 1. The standard InChI is InChI=1S/C6H8NOPS/c8-5-1-6-7(5)2-4(9)3-10-6/h6,9H,1-3H2/t6-/m1/s1. The summed E-state index contributed by atoms with van der Waals surface area (Å²) in [6.07, 6.45) is 0.754. The fourth-order valence-corrected chi connectivity index (χ4v) is 2.75. The first-order valence-corrected chi connectivity index (χ1v) is 4.79. The van der Waals surface area contributed by atoms with Gasteiger partial charge in [-0.2, -0.15) is 0 Å². The predicted octanol–water partition coefficient (Wildman–Crippen LogP) is 0.607. The van der Waals surface area contributed by atoms with Crippen molar-refractivity contribution < 1.29 is 4.79 Å². The molecule has 0 N–H and O–H groups in total. The molecule has 0 spiro atoms. The maximum atomic E-state index is 10.9. The Bertz CT molecular complexity index is 200. The molecule has 0 aromatic heterocycles. The molecule has 2 nitrogen and oxygen atoms in total. The predicted molar refractivity (Wildman–Crippen MR) is 45.9 cm³/mol. The molecule has 0 aliphatic carbocycles. The lowest BCUT2D eigenvalue weighted by atomic mass is 10.2. The molecule has 54 valence electrons. The van der Waals surface area contributed by atoms with Crippen molar-refractivity contribution in [3.05, 3.63) is 0 Å². The molecule has 1 amide bonds. The van der Waals surface area contributed by atoms with E-state index in [9.17, 15) is 4.79 Å². The lowest BCUT2D eigenvalue weighted by molar-refractivity contribution is -0.140. The molecule has 2 aliphatic rings. The Morgan fingerprint density at radius 3 is 3.10 bits per heavy atom. The molecule has 4 heteroatoms. The summed E-state index contributed by atoms with van der Waals surface area (Å²) in [6, 6.07) is 0. The van der Waals surface area contributed by atoms with E-state index < -0.39 is 0 Å². The molecule has 2 aliphatic heterocycles. The van der Waals surface area contributed by atoms with Crippen molar-refractivity contribution >= 4 is 31.8 Å². The van der Waals surface area contributed by atoms with Crippen LogP contribution in [0.15, 0.2) is 0 Å². The summed E-state index contributed by atoms with van der Waals surface area (Å²) in [5, 5.41) is 1.72. The molecule has 2 rings (SSSR count). The second kappa shape index (κ2) is 2.24. The number of hydrogen-bond acceptors (Lipinski definition) is 2. The minimum Gasteiger partial charge on any atom is -0.326 e. The summed E-state index contributed by atoms with van der Waals surface area (Å²) in [7, 11) is 3.47. The Labute approximate surface area is 66.2 Å². The number of carbonyl (C=O) groups excluding carboxylic acids is 1. The maximum Gasteiger partial charge on any atom is 0.226 e. The molecule has 0 unspecified atom stereocenters. The van der Waals surface area contributed by atoms with Gasteiger partial charge in [0.05, 0.1) is 11.8 Å². The first-order chi connectivity index (χ1) is 4.77. The average molecular weight is 173 g/mol. The Kier molecular flexibility index (Phi) is 1.50. The van der Waals surface area contributed by atoms with Gasteiger partial charge in [0.15, 0.2) is 0 Å². The highest BCUT2D eigenvalue weighted by molar-refractivity contribution is 8.01. The molecule has 1 atom stereocenters. The number of rotatable bonds is 0. The molecule has 0 saturated carbocycles. The summed E-state index contributed by atoms with van der Waals surface area (Å²) < 4.78 is 0. The second-order valence-electron chi connectivity index (χ2n) is 2.59. The van der Waals surface area contributed by atoms with Gasteiger partial charge in [-0.25, -0.2) is 0 Å². The first kappa shape index (κ1) is 6.68. The van der Waals surface area contributed by atoms with Crippen molar-refractivity contribution in [3.8, 4) is 0 Å². The highest BCUT2D eigenvalue weighted by Crippen LogP contribution is 2.32. The topological polar surface area (TPSA) is 20.3 Å². The van der Waals surface area contributed by atoms with E-state index in [0.717, 1.165) is 18.7 Å². The zero-order valence-electron chi connectivity index (χ0n) is 5.46. The first-order valence-electron chi connectivity index (χ1n) is 3.25. The lowest BCUT2D eigenvalue weighted by Gasteiger charge is -2.43.